The van der Waals surface area contributed by atoms with Crippen LogP contribution < -0.4 is 10.1 Å². The van der Waals surface area contributed by atoms with Crippen LogP contribution in [0.3, 0.4) is 0 Å². The van der Waals surface area contributed by atoms with Gasteiger partial charge >= 0.3 is 6.09 Å². The number of nitrogens with zero attached hydrogens (tertiary/aromatic N) is 2. The van der Waals surface area contributed by atoms with Gasteiger partial charge < -0.3 is 20.1 Å². The molecule has 2 amide bonds. The highest BCUT2D eigenvalue weighted by Gasteiger charge is 2.27. The summed E-state index contributed by atoms with van der Waals surface area (Å²) < 4.78 is 5.24. The van der Waals surface area contributed by atoms with Gasteiger partial charge in [0.1, 0.15) is 16.8 Å². The van der Waals surface area contributed by atoms with Crippen LogP contribution in [0.1, 0.15) is 21.6 Å². The third-order valence-corrected chi connectivity index (χ3v) is 5.36. The Kier molecular flexibility index (Phi) is 5.43. The first kappa shape index (κ1) is 18.5. The van der Waals surface area contributed by atoms with Gasteiger partial charge in [-0.25, -0.2) is 4.79 Å². The van der Waals surface area contributed by atoms with Crippen LogP contribution in [0.15, 0.2) is 30.3 Å². The number of anilines is 1. The molecule has 1 aliphatic rings. The van der Waals surface area contributed by atoms with Crippen LogP contribution in [0.25, 0.3) is 6.08 Å². The second-order valence-corrected chi connectivity index (χ2v) is 6.94. The molecule has 0 radical (unpaired) electrons. The van der Waals surface area contributed by atoms with Crippen LogP contribution >= 0.6 is 11.3 Å². The first-order chi connectivity index (χ1) is 13.0. The van der Waals surface area contributed by atoms with Crippen molar-refractivity contribution in [2.24, 2.45) is 0 Å². The summed E-state index contributed by atoms with van der Waals surface area (Å²) in [6, 6.07) is 9.44. The predicted molar refractivity (Wildman–Crippen MR) is 102 cm³/mol. The molecule has 138 valence electrons. The molecule has 27 heavy (non-hydrogen) atoms. The van der Waals surface area contributed by atoms with Gasteiger partial charge in [-0.1, -0.05) is 18.2 Å². The van der Waals surface area contributed by atoms with Gasteiger partial charge in [0.2, 0.25) is 5.91 Å². The Bertz CT molecular complexity index is 958. The number of para-hydroxylation sites is 1. The van der Waals surface area contributed by atoms with Crippen molar-refractivity contribution >= 4 is 34.4 Å². The number of amides is 2. The fourth-order valence-electron chi connectivity index (χ4n) is 2.90. The highest BCUT2D eigenvalue weighted by Crippen LogP contribution is 2.36. The zero-order valence-corrected chi connectivity index (χ0v) is 15.4. The summed E-state index contributed by atoms with van der Waals surface area (Å²) in [6.07, 6.45) is 2.49. The molecule has 2 heterocycles. The molecule has 2 N–H and O–H groups in total. The zero-order chi connectivity index (χ0) is 19.4. The summed E-state index contributed by atoms with van der Waals surface area (Å²) in [6.45, 7) is 0.575. The van der Waals surface area contributed by atoms with Gasteiger partial charge in [0, 0.05) is 23.1 Å². The first-order valence-electron chi connectivity index (χ1n) is 8.18. The van der Waals surface area contributed by atoms with Crippen LogP contribution in [0, 0.1) is 11.3 Å². The molecule has 8 heteroatoms. The van der Waals surface area contributed by atoms with Gasteiger partial charge in [0.15, 0.2) is 0 Å². The number of carbonyl (C=O) groups is 2. The quantitative estimate of drug-likeness (QED) is 0.789. The highest BCUT2D eigenvalue weighted by atomic mass is 32.1. The molecule has 0 unspecified atom stereocenters. The van der Waals surface area contributed by atoms with Gasteiger partial charge in [-0.3, -0.25) is 4.79 Å². The van der Waals surface area contributed by atoms with Crippen LogP contribution in [0.4, 0.5) is 9.80 Å². The van der Waals surface area contributed by atoms with Crippen LogP contribution in [0.2, 0.25) is 0 Å². The average molecular weight is 383 g/mol. The number of thiophene rings is 1. The topological polar surface area (TPSA) is 103 Å². The van der Waals surface area contributed by atoms with E-state index in [1.54, 1.807) is 19.3 Å². The van der Waals surface area contributed by atoms with Gasteiger partial charge in [0.05, 0.1) is 19.2 Å². The van der Waals surface area contributed by atoms with E-state index in [2.05, 4.69) is 11.4 Å². The van der Waals surface area contributed by atoms with Crippen molar-refractivity contribution < 1.29 is 19.4 Å². The molecular formula is C19H17N3O4S. The molecule has 1 aliphatic heterocycles. The number of hydrogen-bond donors (Lipinski definition) is 2. The van der Waals surface area contributed by atoms with E-state index in [1.165, 1.54) is 22.3 Å². The summed E-state index contributed by atoms with van der Waals surface area (Å²) >= 11 is 1.25. The van der Waals surface area contributed by atoms with Crippen molar-refractivity contribution in [2.45, 2.75) is 13.0 Å². The summed E-state index contributed by atoms with van der Waals surface area (Å²) in [7, 11) is 1.56. The van der Waals surface area contributed by atoms with E-state index in [0.717, 1.165) is 16.0 Å². The summed E-state index contributed by atoms with van der Waals surface area (Å²) in [5.74, 6) is 0.283. The molecule has 2 aromatic rings. The third kappa shape index (κ3) is 3.93. The fraction of sp³-hybridized carbons (Fsp3) is 0.211. The van der Waals surface area contributed by atoms with E-state index < -0.39 is 6.09 Å². The van der Waals surface area contributed by atoms with Crippen LogP contribution in [0.5, 0.6) is 5.75 Å². The highest BCUT2D eigenvalue weighted by molar-refractivity contribution is 7.16. The molecule has 0 spiro atoms. The molecule has 0 bridgehead atoms. The molecule has 0 saturated heterocycles. The number of rotatable bonds is 4. The number of carboxylic acid groups (broad SMARTS) is 1. The monoisotopic (exact) mass is 383 g/mol. The number of ether oxygens (including phenoxy) is 1. The number of nitriles is 1. The SMILES string of the molecule is COc1ccccc1C=CC(=O)Nc1sc2c(c1C#N)CCN(C(=O)O)C2. The van der Waals surface area contributed by atoms with E-state index in [1.807, 2.05) is 18.2 Å². The Hall–Kier alpha value is -3.31. The Labute approximate surface area is 160 Å². The van der Waals surface area contributed by atoms with Gasteiger partial charge in [-0.05, 0) is 24.1 Å². The lowest BCUT2D eigenvalue weighted by molar-refractivity contribution is -0.111. The molecule has 0 fully saturated rings. The molecule has 7 nitrogen and oxygen atoms in total. The number of benzene rings is 1. The maximum atomic E-state index is 12.3. The van der Waals surface area contributed by atoms with Crippen molar-refractivity contribution in [3.63, 3.8) is 0 Å². The maximum Gasteiger partial charge on any atom is 0.407 e. The normalized spacial score (nSPS) is 13.1. The van der Waals surface area contributed by atoms with Crippen molar-refractivity contribution in [3.8, 4) is 11.8 Å². The number of nitrogens with one attached hydrogen (secondary N) is 1. The summed E-state index contributed by atoms with van der Waals surface area (Å²) in [4.78, 5) is 25.5. The minimum Gasteiger partial charge on any atom is -0.496 e. The molecule has 0 aliphatic carbocycles. The van der Waals surface area contributed by atoms with Gasteiger partial charge in [-0.2, -0.15) is 5.26 Å². The van der Waals surface area contributed by atoms with Gasteiger partial charge in [0.25, 0.3) is 0 Å². The van der Waals surface area contributed by atoms with Crippen LogP contribution in [-0.4, -0.2) is 35.7 Å². The maximum absolute atomic E-state index is 12.3. The van der Waals surface area contributed by atoms with Crippen molar-refractivity contribution in [3.05, 3.63) is 51.9 Å². The smallest absolute Gasteiger partial charge is 0.407 e. The lowest BCUT2D eigenvalue weighted by atomic mass is 10.0. The van der Waals surface area contributed by atoms with Crippen molar-refractivity contribution in [1.29, 1.82) is 5.26 Å². The lowest BCUT2D eigenvalue weighted by Crippen LogP contribution is -2.34. The second kappa shape index (κ2) is 7.93. The van der Waals surface area contributed by atoms with Crippen LogP contribution in [-0.2, 0) is 17.8 Å². The predicted octanol–water partition coefficient (Wildman–Crippen LogP) is 3.32. The van der Waals surface area contributed by atoms with E-state index >= 15 is 0 Å². The number of carbonyl (C=O) groups excluding carboxylic acids is 1. The Morgan fingerprint density at radius 2 is 2.19 bits per heavy atom. The van der Waals surface area contributed by atoms with Crippen molar-refractivity contribution in [1.82, 2.24) is 4.90 Å². The van der Waals surface area contributed by atoms with E-state index in [4.69, 9.17) is 9.84 Å². The average Bonchev–Trinajstić information content (AvgIpc) is 3.02. The Balaban J connectivity index is 1.78. The number of fused-ring (bicyclic) bond motifs is 1. The number of hydrogen-bond acceptors (Lipinski definition) is 5. The fourth-order valence-corrected chi connectivity index (χ4v) is 4.11. The molecule has 0 saturated carbocycles. The third-order valence-electron chi connectivity index (χ3n) is 4.23. The number of methoxy groups -OCH3 is 1. The first-order valence-corrected chi connectivity index (χ1v) is 8.99. The van der Waals surface area contributed by atoms with Crippen molar-refractivity contribution in [2.75, 3.05) is 19.0 Å². The van der Waals surface area contributed by atoms with E-state index in [9.17, 15) is 14.9 Å². The minimum atomic E-state index is -0.988. The molecule has 1 aromatic heterocycles. The molecule has 3 rings (SSSR count). The largest absolute Gasteiger partial charge is 0.496 e. The summed E-state index contributed by atoms with van der Waals surface area (Å²) in [5, 5.41) is 21.8. The van der Waals surface area contributed by atoms with E-state index in [-0.39, 0.29) is 12.5 Å². The molecule has 0 atom stereocenters. The van der Waals surface area contributed by atoms with Gasteiger partial charge in [-0.15, -0.1) is 11.3 Å². The van der Waals surface area contributed by atoms with E-state index in [0.29, 0.717) is 29.3 Å². The molecule has 1 aromatic carbocycles. The standard InChI is InChI=1S/C19H17N3O4S/c1-26-15-5-3-2-4-12(15)6-7-17(23)21-18-14(10-20)13-8-9-22(19(24)25)11-16(13)27-18/h2-7H,8-9,11H2,1H3,(H,21,23)(H,24,25). The summed E-state index contributed by atoms with van der Waals surface area (Å²) in [5.41, 5.74) is 2.00. The zero-order valence-electron chi connectivity index (χ0n) is 14.6. The Morgan fingerprint density at radius 1 is 1.41 bits per heavy atom. The minimum absolute atomic E-state index is 0.233. The molecular weight excluding hydrogens is 366 g/mol. The lowest BCUT2D eigenvalue weighted by Gasteiger charge is -2.23. The second-order valence-electron chi connectivity index (χ2n) is 5.84. The Morgan fingerprint density at radius 3 is 2.89 bits per heavy atom.